The van der Waals surface area contributed by atoms with Crippen molar-refractivity contribution in [1.29, 1.82) is 0 Å². The highest BCUT2D eigenvalue weighted by atomic mass is 35.5. The van der Waals surface area contributed by atoms with Gasteiger partial charge in [0.05, 0.1) is 47.2 Å². The molecule has 0 spiro atoms. The number of benzene rings is 3. The number of aliphatic hydroxyl groups is 3. The van der Waals surface area contributed by atoms with E-state index in [0.717, 1.165) is 22.3 Å². The number of halogens is 1. The maximum absolute atomic E-state index is 11.4. The molecule has 0 aliphatic rings. The van der Waals surface area contributed by atoms with E-state index in [-0.39, 0.29) is 31.4 Å². The topological polar surface area (TPSA) is 161 Å². The lowest BCUT2D eigenvalue weighted by atomic mass is 10.00. The number of rotatable bonds is 11. The quantitative estimate of drug-likeness (QED) is 0.130. The molecule has 0 unspecified atom stereocenters. The molecule has 0 bridgehead atoms. The van der Waals surface area contributed by atoms with E-state index < -0.39 is 11.5 Å². The number of H-pyrrole nitrogens is 1. The second-order valence-electron chi connectivity index (χ2n) is 10.00. The van der Waals surface area contributed by atoms with E-state index in [2.05, 4.69) is 20.3 Å². The molecule has 6 N–H and O–H groups in total. The predicted octanol–water partition coefficient (Wildman–Crippen LogP) is 4.55. The van der Waals surface area contributed by atoms with E-state index >= 15 is 0 Å². The third-order valence-electron chi connectivity index (χ3n) is 7.08. The molecule has 42 heavy (non-hydrogen) atoms. The Morgan fingerprint density at radius 2 is 1.52 bits per heavy atom. The van der Waals surface area contributed by atoms with E-state index in [0.29, 0.717) is 39.7 Å². The number of aromatic nitrogens is 3. The summed E-state index contributed by atoms with van der Waals surface area (Å²) in [6, 6.07) is 22.3. The van der Waals surface area contributed by atoms with Gasteiger partial charge in [0.25, 0.3) is 0 Å². The van der Waals surface area contributed by atoms with Crippen LogP contribution >= 0.6 is 11.6 Å². The summed E-state index contributed by atoms with van der Waals surface area (Å²) in [5.74, 6) is -0.708. The van der Waals surface area contributed by atoms with Crippen molar-refractivity contribution < 1.29 is 30.0 Å². The number of ether oxygens (including phenoxy) is 1. The second kappa shape index (κ2) is 12.3. The first kappa shape index (κ1) is 29.2. The van der Waals surface area contributed by atoms with Gasteiger partial charge in [-0.05, 0) is 47.4 Å². The molecular formula is C31H29ClN4O6. The fraction of sp³-hybridized carbons (Fsp3) is 0.194. The van der Waals surface area contributed by atoms with Crippen LogP contribution < -0.4 is 10.1 Å². The Labute approximate surface area is 246 Å². The molecular weight excluding hydrogens is 560 g/mol. The molecule has 11 heteroatoms. The molecule has 0 saturated heterocycles. The molecule has 0 atom stereocenters. The van der Waals surface area contributed by atoms with Crippen LogP contribution in [0.3, 0.4) is 0 Å². The summed E-state index contributed by atoms with van der Waals surface area (Å²) in [6.45, 7) is 0.949. The lowest BCUT2D eigenvalue weighted by Gasteiger charge is -2.28. The number of hydrogen-bond donors (Lipinski definition) is 6. The number of carbonyl (C=O) groups is 1. The number of carboxylic acids is 1. The van der Waals surface area contributed by atoms with Gasteiger partial charge < -0.3 is 35.5 Å². The van der Waals surface area contributed by atoms with Crippen molar-refractivity contribution in [2.24, 2.45) is 0 Å². The number of hydrogen-bond acceptors (Lipinski definition) is 8. The van der Waals surface area contributed by atoms with Crippen molar-refractivity contribution in [1.82, 2.24) is 20.3 Å². The zero-order valence-corrected chi connectivity index (χ0v) is 23.4. The Bertz CT molecular complexity index is 1710. The van der Waals surface area contributed by atoms with Crippen LogP contribution in [0.15, 0.2) is 72.8 Å². The minimum atomic E-state index is -1.13. The smallest absolute Gasteiger partial charge is 0.336 e. The molecule has 5 rings (SSSR count). The number of aryl methyl sites for hydroxylation is 1. The van der Waals surface area contributed by atoms with Gasteiger partial charge in [-0.2, -0.15) is 4.98 Å². The molecule has 0 fully saturated rings. The first-order valence-electron chi connectivity index (χ1n) is 13.1. The number of imidazole rings is 1. The standard InChI is InChI=1S/C31H29ClN4O6/c1-18-2-11-23(12-24(18)29(40)41)42-30-34-26-13-25(32)27(35-28(26)36-30)22-9-7-21(8-10-22)20-5-3-19(4-6-20)14-33-31(15-37,16-38)17-39/h2-13,33,37-39H,14-17H2,1H3,(H,40,41)(H,34,35,36). The summed E-state index contributed by atoms with van der Waals surface area (Å²) in [6.07, 6.45) is 0. The van der Waals surface area contributed by atoms with Gasteiger partial charge in [0.15, 0.2) is 5.65 Å². The maximum atomic E-state index is 11.4. The lowest BCUT2D eigenvalue weighted by Crippen LogP contribution is -2.54. The van der Waals surface area contributed by atoms with Crippen LogP contribution in [0.5, 0.6) is 11.8 Å². The number of pyridine rings is 1. The number of aromatic carboxylic acids is 1. The summed E-state index contributed by atoms with van der Waals surface area (Å²) < 4.78 is 5.77. The molecule has 0 radical (unpaired) electrons. The van der Waals surface area contributed by atoms with E-state index in [1.807, 2.05) is 48.5 Å². The fourth-order valence-corrected chi connectivity index (χ4v) is 4.66. The van der Waals surface area contributed by atoms with Gasteiger partial charge in [0.2, 0.25) is 0 Å². The summed E-state index contributed by atoms with van der Waals surface area (Å²) in [4.78, 5) is 23.5. The largest absolute Gasteiger partial charge is 0.478 e. The Morgan fingerprint density at radius 3 is 2.14 bits per heavy atom. The average molecular weight is 589 g/mol. The Morgan fingerprint density at radius 1 is 0.905 bits per heavy atom. The van der Waals surface area contributed by atoms with Crippen molar-refractivity contribution in [3.05, 3.63) is 94.5 Å². The van der Waals surface area contributed by atoms with Crippen molar-refractivity contribution >= 4 is 28.7 Å². The predicted molar refractivity (Wildman–Crippen MR) is 159 cm³/mol. The normalized spacial score (nSPS) is 11.6. The molecule has 0 aliphatic carbocycles. The van der Waals surface area contributed by atoms with Crippen molar-refractivity contribution in [2.75, 3.05) is 19.8 Å². The van der Waals surface area contributed by atoms with Gasteiger partial charge >= 0.3 is 12.0 Å². The SMILES string of the molecule is Cc1ccc(Oc2nc3nc(-c4ccc(-c5ccc(CNC(CO)(CO)CO)cc5)cc4)c(Cl)cc3[nH]2)cc1C(=O)O. The number of carboxylic acid groups (broad SMARTS) is 1. The average Bonchev–Trinajstić information content (AvgIpc) is 3.39. The summed E-state index contributed by atoms with van der Waals surface area (Å²) in [7, 11) is 0. The fourth-order valence-electron chi connectivity index (χ4n) is 4.40. The Kier molecular flexibility index (Phi) is 8.53. The third-order valence-corrected chi connectivity index (χ3v) is 7.37. The number of fused-ring (bicyclic) bond motifs is 1. The van der Waals surface area contributed by atoms with E-state index in [1.54, 1.807) is 25.1 Å². The Hall–Kier alpha value is -4.32. The number of nitrogens with zero attached hydrogens (tertiary/aromatic N) is 2. The van der Waals surface area contributed by atoms with Crippen molar-refractivity contribution in [2.45, 2.75) is 19.0 Å². The molecule has 216 valence electrons. The highest BCUT2D eigenvalue weighted by Gasteiger charge is 2.27. The molecule has 0 aliphatic heterocycles. The van der Waals surface area contributed by atoms with Crippen LogP contribution in [-0.4, -0.2) is 66.7 Å². The first-order valence-corrected chi connectivity index (χ1v) is 13.5. The van der Waals surface area contributed by atoms with Crippen LogP contribution in [0.2, 0.25) is 5.02 Å². The monoisotopic (exact) mass is 588 g/mol. The van der Waals surface area contributed by atoms with Crippen LogP contribution in [0, 0.1) is 6.92 Å². The van der Waals surface area contributed by atoms with Crippen molar-refractivity contribution in [3.63, 3.8) is 0 Å². The second-order valence-corrected chi connectivity index (χ2v) is 10.4. The zero-order chi connectivity index (χ0) is 29.9. The minimum absolute atomic E-state index is 0.147. The zero-order valence-electron chi connectivity index (χ0n) is 22.6. The number of aliphatic hydroxyl groups excluding tert-OH is 3. The van der Waals surface area contributed by atoms with E-state index in [1.165, 1.54) is 6.07 Å². The lowest BCUT2D eigenvalue weighted by molar-refractivity contribution is 0.0413. The minimum Gasteiger partial charge on any atom is -0.478 e. The summed E-state index contributed by atoms with van der Waals surface area (Å²) in [5.41, 5.74) is 4.88. The van der Waals surface area contributed by atoms with Gasteiger partial charge in [0.1, 0.15) is 5.75 Å². The van der Waals surface area contributed by atoms with Crippen LogP contribution in [0.25, 0.3) is 33.5 Å². The molecule has 2 heterocycles. The summed E-state index contributed by atoms with van der Waals surface area (Å²) >= 11 is 6.58. The molecule has 2 aromatic heterocycles. The van der Waals surface area contributed by atoms with Gasteiger partial charge in [-0.25, -0.2) is 9.78 Å². The number of nitrogens with one attached hydrogen (secondary N) is 2. The van der Waals surface area contributed by atoms with Gasteiger partial charge in [-0.15, -0.1) is 0 Å². The van der Waals surface area contributed by atoms with Crippen LogP contribution in [0.4, 0.5) is 0 Å². The third kappa shape index (κ3) is 6.13. The van der Waals surface area contributed by atoms with Crippen LogP contribution in [-0.2, 0) is 6.54 Å². The van der Waals surface area contributed by atoms with Gasteiger partial charge in [-0.3, -0.25) is 0 Å². The van der Waals surface area contributed by atoms with Crippen molar-refractivity contribution in [3.8, 4) is 34.1 Å². The van der Waals surface area contributed by atoms with Gasteiger partial charge in [-0.1, -0.05) is 66.2 Å². The molecule has 3 aromatic carbocycles. The molecule has 10 nitrogen and oxygen atoms in total. The van der Waals surface area contributed by atoms with Crippen LogP contribution in [0.1, 0.15) is 21.5 Å². The highest BCUT2D eigenvalue weighted by molar-refractivity contribution is 6.33. The first-order chi connectivity index (χ1) is 20.2. The summed E-state index contributed by atoms with van der Waals surface area (Å²) in [5, 5.41) is 41.3. The molecule has 5 aromatic rings. The maximum Gasteiger partial charge on any atom is 0.336 e. The molecule has 0 saturated carbocycles. The highest BCUT2D eigenvalue weighted by Crippen LogP contribution is 2.32. The Balaban J connectivity index is 1.31. The van der Waals surface area contributed by atoms with E-state index in [9.17, 15) is 25.2 Å². The van der Waals surface area contributed by atoms with Gasteiger partial charge in [0, 0.05) is 12.1 Å². The molecule has 0 amide bonds. The van der Waals surface area contributed by atoms with E-state index in [4.69, 9.17) is 16.3 Å². The number of aromatic amines is 1.